The molecule has 1 aliphatic heterocycles. The first kappa shape index (κ1) is 37.3. The highest BCUT2D eigenvalue weighted by atomic mass is 32.1. The molecule has 0 spiro atoms. The van der Waals surface area contributed by atoms with E-state index >= 15 is 0 Å². The monoisotopic (exact) mass is 675 g/mol. The van der Waals surface area contributed by atoms with Crippen LogP contribution in [0.25, 0.3) is 11.0 Å². The van der Waals surface area contributed by atoms with E-state index in [4.69, 9.17) is 10.7 Å². The van der Waals surface area contributed by atoms with Crippen LogP contribution in [0.3, 0.4) is 0 Å². The number of H-pyrrole nitrogens is 1. The molecule has 2 heterocycles. The van der Waals surface area contributed by atoms with E-state index in [9.17, 15) is 13.6 Å². The maximum atomic E-state index is 14.5. The lowest BCUT2D eigenvalue weighted by atomic mass is 9.70. The average Bonchev–Trinajstić information content (AvgIpc) is 3.71. The van der Waals surface area contributed by atoms with Gasteiger partial charge in [-0.3, -0.25) is 9.79 Å². The predicted octanol–water partition coefficient (Wildman–Crippen LogP) is 9.09. The zero-order valence-corrected chi connectivity index (χ0v) is 29.5. The number of benzene rings is 3. The number of halogens is 2. The molecule has 1 aromatic heterocycles. The number of hydrogen-bond donors (Lipinski definition) is 3. The van der Waals surface area contributed by atoms with E-state index < -0.39 is 23.1 Å². The van der Waals surface area contributed by atoms with Gasteiger partial charge in [-0.25, -0.2) is 13.8 Å². The lowest BCUT2D eigenvalue weighted by molar-refractivity contribution is 0.0650. The van der Waals surface area contributed by atoms with Crippen LogP contribution in [0.5, 0.6) is 0 Å². The average molecular weight is 676 g/mol. The Hall–Kier alpha value is -3.56. The van der Waals surface area contributed by atoms with Gasteiger partial charge in [-0.15, -0.1) is 12.6 Å². The Labute approximate surface area is 290 Å². The number of rotatable bonds is 10. The van der Waals surface area contributed by atoms with E-state index in [1.807, 2.05) is 49.4 Å². The summed E-state index contributed by atoms with van der Waals surface area (Å²) in [6.07, 6.45) is 11.8. The third kappa shape index (κ3) is 10.2. The summed E-state index contributed by atoms with van der Waals surface area (Å²) in [6, 6.07) is 20.7. The van der Waals surface area contributed by atoms with Gasteiger partial charge in [0.1, 0.15) is 17.2 Å². The summed E-state index contributed by atoms with van der Waals surface area (Å²) < 4.78 is 28.7. The van der Waals surface area contributed by atoms with Crippen LogP contribution >= 0.6 is 12.6 Å². The first-order valence-corrected chi connectivity index (χ1v) is 17.7. The number of aromatic amines is 1. The van der Waals surface area contributed by atoms with Gasteiger partial charge in [0.25, 0.3) is 5.91 Å². The van der Waals surface area contributed by atoms with E-state index in [0.29, 0.717) is 18.5 Å². The molecular weight excluding hydrogens is 625 g/mol. The Morgan fingerprint density at radius 2 is 1.69 bits per heavy atom. The maximum absolute atomic E-state index is 14.5. The minimum absolute atomic E-state index is 0.0236. The number of carbonyl (C=O) groups excluding carboxylic acids is 1. The molecule has 2 aliphatic rings. The quantitative estimate of drug-likeness (QED) is 0.0891. The fraction of sp³-hybridized carbons (Fsp3) is 0.462. The van der Waals surface area contributed by atoms with Gasteiger partial charge >= 0.3 is 0 Å². The zero-order chi connectivity index (χ0) is 34.6. The van der Waals surface area contributed by atoms with Crippen molar-refractivity contribution in [1.29, 1.82) is 0 Å². The van der Waals surface area contributed by atoms with E-state index in [1.54, 1.807) is 4.90 Å². The number of hydrogen-bond acceptors (Lipinski definition) is 5. The summed E-state index contributed by atoms with van der Waals surface area (Å²) in [5, 5.41) is 0. The third-order valence-corrected chi connectivity index (χ3v) is 9.89. The molecule has 9 heteroatoms. The number of para-hydroxylation sites is 2. The number of amides is 1. The predicted molar refractivity (Wildman–Crippen MR) is 196 cm³/mol. The molecule has 3 N–H and O–H groups in total. The number of unbranched alkanes of at least 4 members (excludes halogenated alkanes) is 1. The van der Waals surface area contributed by atoms with Crippen molar-refractivity contribution in [3.05, 3.63) is 95.3 Å². The van der Waals surface area contributed by atoms with Crippen LogP contribution in [-0.4, -0.2) is 53.2 Å². The number of thiol groups is 1. The summed E-state index contributed by atoms with van der Waals surface area (Å²) in [7, 11) is 0. The van der Waals surface area contributed by atoms with Gasteiger partial charge in [0, 0.05) is 29.9 Å². The third-order valence-electron chi connectivity index (χ3n) is 9.54. The zero-order valence-electron chi connectivity index (χ0n) is 28.7. The van der Waals surface area contributed by atoms with Crippen molar-refractivity contribution in [3.8, 4) is 0 Å². The molecule has 6 nitrogen and oxygen atoms in total. The minimum Gasteiger partial charge on any atom is -0.342 e. The summed E-state index contributed by atoms with van der Waals surface area (Å²) in [6.45, 7) is 8.84. The molecule has 0 radical (unpaired) electrons. The van der Waals surface area contributed by atoms with Crippen molar-refractivity contribution in [2.24, 2.45) is 16.1 Å². The number of nitrogens with zero attached hydrogens (tertiary/aromatic N) is 3. The smallest absolute Gasteiger partial charge is 0.259 e. The molecule has 4 aromatic rings. The molecular formula is C39H51F2N5OS. The standard InChI is InChI=1S/C28H34F2N2OS.C8H8N2.C3H9N/c1-27(12-13-27)11-5-6-17-31-18-14-28(21-7-3-2-4-8-21)15-19-32(20-16-28)26(33)24-22(29)9-10-23(34)25(24)30;1-6-9-7-4-2-3-5-8(7)10-6;1-2-3-4/h2-4,7-10,17,34H,5-6,11-16,18-20H2,1H3;2-5H,1H3,(H,9,10);2-4H2,1H3. The van der Waals surface area contributed by atoms with Crippen molar-refractivity contribution in [1.82, 2.24) is 14.9 Å². The van der Waals surface area contributed by atoms with Crippen molar-refractivity contribution < 1.29 is 13.6 Å². The van der Waals surface area contributed by atoms with E-state index in [-0.39, 0.29) is 10.3 Å². The van der Waals surface area contributed by atoms with Gasteiger partial charge in [-0.2, -0.15) is 0 Å². The summed E-state index contributed by atoms with van der Waals surface area (Å²) in [5.74, 6) is -1.36. The number of aromatic nitrogens is 2. The SMILES string of the molecule is CC1(CCCC=NCCC2(c3ccccc3)CCN(C(=O)c3c(F)ccc(S)c3F)CC2)CC1.CCCN.Cc1nc2ccccc2[nH]1. The number of likely N-dealkylation sites (tertiary alicyclic amines) is 1. The Morgan fingerprint density at radius 3 is 2.33 bits per heavy atom. The van der Waals surface area contributed by atoms with E-state index in [2.05, 4.69) is 54.8 Å². The van der Waals surface area contributed by atoms with Crippen LogP contribution in [-0.2, 0) is 5.41 Å². The largest absolute Gasteiger partial charge is 0.342 e. The fourth-order valence-electron chi connectivity index (χ4n) is 6.13. The number of fused-ring (bicyclic) bond motifs is 1. The summed E-state index contributed by atoms with van der Waals surface area (Å²) in [5.41, 5.74) is 8.41. The molecule has 2 fully saturated rings. The number of aryl methyl sites for hydroxylation is 1. The van der Waals surface area contributed by atoms with E-state index in [1.165, 1.54) is 37.3 Å². The molecule has 1 saturated carbocycles. The van der Waals surface area contributed by atoms with Crippen LogP contribution < -0.4 is 5.73 Å². The van der Waals surface area contributed by atoms with Crippen LogP contribution in [0.2, 0.25) is 0 Å². The number of aliphatic imine (C=N–C) groups is 1. The van der Waals surface area contributed by atoms with Crippen LogP contribution in [0.1, 0.15) is 93.4 Å². The van der Waals surface area contributed by atoms with Crippen molar-refractivity contribution in [2.45, 2.75) is 88.9 Å². The first-order valence-electron chi connectivity index (χ1n) is 17.2. The van der Waals surface area contributed by atoms with Gasteiger partial charge in [0.15, 0.2) is 5.82 Å². The van der Waals surface area contributed by atoms with Gasteiger partial charge < -0.3 is 15.6 Å². The number of imidazole rings is 1. The van der Waals surface area contributed by atoms with Crippen molar-refractivity contribution >= 4 is 35.8 Å². The molecule has 0 bridgehead atoms. The molecule has 3 aromatic carbocycles. The van der Waals surface area contributed by atoms with Crippen LogP contribution in [0.4, 0.5) is 8.78 Å². The van der Waals surface area contributed by atoms with Crippen LogP contribution in [0.15, 0.2) is 76.6 Å². The van der Waals surface area contributed by atoms with Crippen molar-refractivity contribution in [3.63, 3.8) is 0 Å². The summed E-state index contributed by atoms with van der Waals surface area (Å²) >= 11 is 4.01. The molecule has 1 saturated heterocycles. The van der Waals surface area contributed by atoms with Gasteiger partial charge in [0.2, 0.25) is 0 Å². The Morgan fingerprint density at radius 1 is 1.02 bits per heavy atom. The highest BCUT2D eigenvalue weighted by molar-refractivity contribution is 7.80. The highest BCUT2D eigenvalue weighted by Gasteiger charge is 2.38. The second-order valence-corrected chi connectivity index (χ2v) is 13.8. The number of piperidine rings is 1. The second-order valence-electron chi connectivity index (χ2n) is 13.4. The second kappa shape index (κ2) is 17.7. The van der Waals surface area contributed by atoms with Gasteiger partial charge in [0.05, 0.1) is 11.0 Å². The lowest BCUT2D eigenvalue weighted by Gasteiger charge is -2.42. The Kier molecular flexibility index (Phi) is 13.8. The fourth-order valence-corrected chi connectivity index (χ4v) is 6.32. The molecule has 0 atom stereocenters. The minimum atomic E-state index is -0.891. The summed E-state index contributed by atoms with van der Waals surface area (Å²) in [4.78, 5) is 26.6. The molecule has 1 aliphatic carbocycles. The van der Waals surface area contributed by atoms with Crippen LogP contribution in [0, 0.1) is 24.0 Å². The number of carbonyl (C=O) groups is 1. The lowest BCUT2D eigenvalue weighted by Crippen LogP contribution is -2.46. The highest BCUT2D eigenvalue weighted by Crippen LogP contribution is 2.49. The maximum Gasteiger partial charge on any atom is 0.259 e. The topological polar surface area (TPSA) is 87.4 Å². The molecule has 48 heavy (non-hydrogen) atoms. The molecule has 258 valence electrons. The molecule has 0 unspecified atom stereocenters. The van der Waals surface area contributed by atoms with Gasteiger partial charge in [-0.05, 0) is 113 Å². The van der Waals surface area contributed by atoms with Crippen molar-refractivity contribution in [2.75, 3.05) is 26.2 Å². The first-order chi connectivity index (χ1) is 23.1. The number of nitrogens with one attached hydrogen (secondary N) is 1. The van der Waals surface area contributed by atoms with Gasteiger partial charge in [-0.1, -0.05) is 56.3 Å². The molecule has 1 amide bonds. The van der Waals surface area contributed by atoms with E-state index in [0.717, 1.165) is 68.1 Å². The Balaban J connectivity index is 0.000000306. The normalized spacial score (nSPS) is 16.2. The Bertz CT molecular complexity index is 1590. The molecule has 6 rings (SSSR count). The number of nitrogens with two attached hydrogens (primary N) is 1.